The average Bonchev–Trinajstić information content (AvgIpc) is 2.85. The zero-order chi connectivity index (χ0) is 13.9. The number of hydrogen-bond donors (Lipinski definition) is 1. The van der Waals surface area contributed by atoms with Crippen LogP contribution in [0.1, 0.15) is 12.8 Å². The minimum absolute atomic E-state index is 0.145. The summed E-state index contributed by atoms with van der Waals surface area (Å²) in [7, 11) is -3.27. The van der Waals surface area contributed by atoms with E-state index in [-0.39, 0.29) is 17.0 Å². The van der Waals surface area contributed by atoms with Crippen molar-refractivity contribution in [1.29, 1.82) is 0 Å². The van der Waals surface area contributed by atoms with Crippen molar-refractivity contribution in [2.75, 3.05) is 24.4 Å². The SMILES string of the molecule is O=C(CBr)C1=CC=NC1(CCCl)P1(=O)NCCCO1. The Labute approximate surface area is 125 Å². The van der Waals surface area contributed by atoms with E-state index in [0.717, 1.165) is 6.42 Å². The third-order valence-electron chi connectivity index (χ3n) is 3.23. The van der Waals surface area contributed by atoms with Crippen LogP contribution in [0.2, 0.25) is 0 Å². The number of carbonyl (C=O) groups is 1. The summed E-state index contributed by atoms with van der Waals surface area (Å²) in [5.41, 5.74) is 0.405. The first-order chi connectivity index (χ1) is 9.09. The van der Waals surface area contributed by atoms with Gasteiger partial charge in [0.1, 0.15) is 0 Å². The van der Waals surface area contributed by atoms with Gasteiger partial charge >= 0.3 is 7.52 Å². The van der Waals surface area contributed by atoms with E-state index in [4.69, 9.17) is 16.1 Å². The van der Waals surface area contributed by atoms with Gasteiger partial charge in [-0.15, -0.1) is 11.6 Å². The second kappa shape index (κ2) is 6.19. The third-order valence-corrected chi connectivity index (χ3v) is 6.67. The molecule has 0 aromatic rings. The van der Waals surface area contributed by atoms with E-state index < -0.39 is 12.8 Å². The Morgan fingerprint density at radius 2 is 2.47 bits per heavy atom. The first kappa shape index (κ1) is 15.4. The van der Waals surface area contributed by atoms with Gasteiger partial charge in [0.2, 0.25) is 0 Å². The van der Waals surface area contributed by atoms with Crippen molar-refractivity contribution in [2.45, 2.75) is 18.1 Å². The molecular weight excluding hydrogens is 354 g/mol. The van der Waals surface area contributed by atoms with Crippen LogP contribution in [-0.4, -0.2) is 41.6 Å². The average molecular weight is 370 g/mol. The Bertz CT molecular complexity index is 473. The summed E-state index contributed by atoms with van der Waals surface area (Å²) in [6.45, 7) is 0.992. The van der Waals surface area contributed by atoms with Gasteiger partial charge in [-0.3, -0.25) is 14.4 Å². The molecule has 2 heterocycles. The molecule has 0 saturated carbocycles. The van der Waals surface area contributed by atoms with Crippen LogP contribution < -0.4 is 5.09 Å². The van der Waals surface area contributed by atoms with Gasteiger partial charge in [-0.1, -0.05) is 15.9 Å². The lowest BCUT2D eigenvalue weighted by Crippen LogP contribution is -2.40. The van der Waals surface area contributed by atoms with E-state index >= 15 is 0 Å². The zero-order valence-corrected chi connectivity index (χ0v) is 13.5. The summed E-state index contributed by atoms with van der Waals surface area (Å²) in [4.78, 5) is 16.4. The monoisotopic (exact) mass is 368 g/mol. The number of halogens is 2. The summed E-state index contributed by atoms with van der Waals surface area (Å²) < 4.78 is 18.6. The third kappa shape index (κ3) is 2.61. The number of alkyl halides is 2. The van der Waals surface area contributed by atoms with Crippen molar-refractivity contribution in [1.82, 2.24) is 5.09 Å². The number of aliphatic imine (C=N–C) groups is 1. The molecule has 2 atom stereocenters. The molecule has 19 heavy (non-hydrogen) atoms. The minimum Gasteiger partial charge on any atom is -0.316 e. The molecule has 0 bridgehead atoms. The molecule has 8 heteroatoms. The molecule has 1 saturated heterocycles. The standard InChI is InChI=1S/C11H15BrClN2O3P/c12-8-10(16)9-2-6-14-11(9,3-4-13)19(17)15-5-1-7-18-19/h2,6H,1,3-5,7-8H2,(H,15,17). The summed E-state index contributed by atoms with van der Waals surface area (Å²) in [5, 5.41) is 1.92. The zero-order valence-electron chi connectivity index (χ0n) is 10.3. The minimum atomic E-state index is -3.27. The molecule has 5 nitrogen and oxygen atoms in total. The van der Waals surface area contributed by atoms with Gasteiger partial charge in [0.15, 0.2) is 11.1 Å². The summed E-state index contributed by atoms with van der Waals surface area (Å²) in [6, 6.07) is 0. The van der Waals surface area contributed by atoms with Gasteiger partial charge in [-0.25, -0.2) is 5.09 Å². The smallest absolute Gasteiger partial charge is 0.301 e. The van der Waals surface area contributed by atoms with Crippen LogP contribution in [-0.2, 0) is 13.9 Å². The van der Waals surface area contributed by atoms with Crippen molar-refractivity contribution in [3.05, 3.63) is 11.6 Å². The van der Waals surface area contributed by atoms with Gasteiger partial charge in [0, 0.05) is 30.6 Å². The lowest BCUT2D eigenvalue weighted by Gasteiger charge is -2.38. The molecule has 0 amide bonds. The number of Topliss-reactive ketones (excluding diaryl/α,β-unsaturated/α-hetero) is 1. The Morgan fingerprint density at radius 3 is 3.05 bits per heavy atom. The second-order valence-electron chi connectivity index (χ2n) is 4.32. The van der Waals surface area contributed by atoms with Gasteiger partial charge < -0.3 is 4.52 Å². The van der Waals surface area contributed by atoms with Crippen molar-refractivity contribution in [3.8, 4) is 0 Å². The van der Waals surface area contributed by atoms with Gasteiger partial charge in [0.25, 0.3) is 0 Å². The van der Waals surface area contributed by atoms with E-state index in [2.05, 4.69) is 26.0 Å². The summed E-state index contributed by atoms with van der Waals surface area (Å²) in [6.07, 6.45) is 4.22. The number of hydrogen-bond acceptors (Lipinski definition) is 4. The molecular formula is C11H15BrClN2O3P. The molecule has 0 aromatic carbocycles. The number of rotatable bonds is 5. The fraction of sp³-hybridized carbons (Fsp3) is 0.636. The molecule has 2 rings (SSSR count). The highest BCUT2D eigenvalue weighted by Crippen LogP contribution is 2.63. The molecule has 2 aliphatic heterocycles. The fourth-order valence-electron chi connectivity index (χ4n) is 2.31. The molecule has 2 aliphatic rings. The number of allylic oxidation sites excluding steroid dienone is 1. The summed E-state index contributed by atoms with van der Waals surface area (Å²) >= 11 is 8.98. The van der Waals surface area contributed by atoms with Crippen LogP contribution >= 0.6 is 35.1 Å². The van der Waals surface area contributed by atoms with E-state index in [0.29, 0.717) is 25.1 Å². The largest absolute Gasteiger partial charge is 0.316 e. The Balaban J connectivity index is 2.43. The first-order valence-electron chi connectivity index (χ1n) is 6.00. The highest BCUT2D eigenvalue weighted by atomic mass is 79.9. The van der Waals surface area contributed by atoms with Gasteiger partial charge in [0.05, 0.1) is 11.9 Å². The number of nitrogens with zero attached hydrogens (tertiary/aromatic N) is 1. The highest BCUT2D eigenvalue weighted by molar-refractivity contribution is 9.09. The van der Waals surface area contributed by atoms with E-state index in [1.54, 1.807) is 6.08 Å². The quantitative estimate of drug-likeness (QED) is 0.597. The Morgan fingerprint density at radius 1 is 1.68 bits per heavy atom. The van der Waals surface area contributed by atoms with Gasteiger partial charge in [-0.05, 0) is 12.5 Å². The molecule has 106 valence electrons. The fourth-order valence-corrected chi connectivity index (χ4v) is 5.57. The number of nitrogens with one attached hydrogen (secondary N) is 1. The molecule has 2 unspecified atom stereocenters. The van der Waals surface area contributed by atoms with Crippen LogP contribution in [0.4, 0.5) is 0 Å². The second-order valence-corrected chi connectivity index (χ2v) is 7.67. The highest BCUT2D eigenvalue weighted by Gasteiger charge is 2.55. The topological polar surface area (TPSA) is 67.8 Å². The molecule has 1 N–H and O–H groups in total. The van der Waals surface area contributed by atoms with Crippen molar-refractivity contribution >= 4 is 47.0 Å². The van der Waals surface area contributed by atoms with Crippen LogP contribution in [0.15, 0.2) is 16.6 Å². The normalized spacial score (nSPS) is 34.3. The molecule has 1 fully saturated rings. The molecule has 0 aromatic heterocycles. The van der Waals surface area contributed by atoms with E-state index in [1.807, 2.05) is 0 Å². The predicted molar refractivity (Wildman–Crippen MR) is 79.6 cm³/mol. The van der Waals surface area contributed by atoms with E-state index in [9.17, 15) is 9.36 Å². The maximum Gasteiger partial charge on any atom is 0.301 e. The van der Waals surface area contributed by atoms with Crippen molar-refractivity contribution in [2.24, 2.45) is 4.99 Å². The van der Waals surface area contributed by atoms with Crippen LogP contribution in [0.3, 0.4) is 0 Å². The Hall–Kier alpha value is -0.0000000000000000971. The number of carbonyl (C=O) groups excluding carboxylic acids is 1. The van der Waals surface area contributed by atoms with Gasteiger partial charge in [-0.2, -0.15) is 0 Å². The predicted octanol–water partition coefficient (Wildman–Crippen LogP) is 2.49. The van der Waals surface area contributed by atoms with E-state index in [1.165, 1.54) is 6.21 Å². The number of ketones is 1. The first-order valence-corrected chi connectivity index (χ1v) is 9.28. The molecule has 0 radical (unpaired) electrons. The Kier molecular flexibility index (Phi) is 5.01. The maximum atomic E-state index is 13.1. The van der Waals surface area contributed by atoms with Crippen LogP contribution in [0, 0.1) is 0 Å². The lowest BCUT2D eigenvalue weighted by molar-refractivity contribution is -0.113. The summed E-state index contributed by atoms with van der Waals surface area (Å²) in [5.74, 6) is 0.105. The van der Waals surface area contributed by atoms with Crippen molar-refractivity contribution in [3.63, 3.8) is 0 Å². The lowest BCUT2D eigenvalue weighted by atomic mass is 10.0. The van der Waals surface area contributed by atoms with Crippen LogP contribution in [0.25, 0.3) is 0 Å². The maximum absolute atomic E-state index is 13.1. The van der Waals surface area contributed by atoms with Crippen molar-refractivity contribution < 1.29 is 13.9 Å². The molecule has 0 spiro atoms. The molecule has 0 aliphatic carbocycles. The van der Waals surface area contributed by atoms with Crippen LogP contribution in [0.5, 0.6) is 0 Å².